The highest BCUT2D eigenvalue weighted by Crippen LogP contribution is 2.32. The minimum Gasteiger partial charge on any atom is -0.486 e. The summed E-state index contributed by atoms with van der Waals surface area (Å²) in [6, 6.07) is 10.1. The van der Waals surface area contributed by atoms with Gasteiger partial charge in [0.15, 0.2) is 11.5 Å². The molecule has 2 aromatic carbocycles. The standard InChI is InChI=1S/C19H19FN2O5S/c20-14-1-3-15(4-2-14)22-12-13(9-19(22)23)11-21-28(24,25)16-5-6-17-18(10-16)27-8-7-26-17/h1-6,10,13,21H,7-9,11-12H2/t13-/m0/s1. The van der Waals surface area contributed by atoms with Crippen LogP contribution in [0.5, 0.6) is 11.5 Å². The van der Waals surface area contributed by atoms with Crippen LogP contribution in [0.15, 0.2) is 47.4 Å². The molecular formula is C19H19FN2O5S. The molecule has 4 rings (SSSR count). The molecule has 1 saturated heterocycles. The number of anilines is 1. The molecule has 1 atom stereocenters. The number of nitrogens with one attached hydrogen (secondary N) is 1. The zero-order valence-electron chi connectivity index (χ0n) is 14.9. The first-order valence-corrected chi connectivity index (χ1v) is 10.4. The predicted molar refractivity (Wildman–Crippen MR) is 99.5 cm³/mol. The number of benzene rings is 2. The van der Waals surface area contributed by atoms with Gasteiger partial charge in [-0.15, -0.1) is 0 Å². The van der Waals surface area contributed by atoms with Crippen LogP contribution in [-0.4, -0.2) is 40.6 Å². The molecule has 1 amide bonds. The van der Waals surface area contributed by atoms with E-state index in [-0.39, 0.29) is 35.5 Å². The second kappa shape index (κ2) is 7.40. The van der Waals surface area contributed by atoms with E-state index in [0.717, 1.165) is 0 Å². The van der Waals surface area contributed by atoms with Crippen LogP contribution >= 0.6 is 0 Å². The van der Waals surface area contributed by atoms with Crippen molar-refractivity contribution >= 4 is 21.6 Å². The van der Waals surface area contributed by atoms with Gasteiger partial charge in [0, 0.05) is 31.3 Å². The fourth-order valence-corrected chi connectivity index (χ4v) is 4.42. The molecule has 148 valence electrons. The number of amides is 1. The van der Waals surface area contributed by atoms with Gasteiger partial charge in [0.05, 0.1) is 4.90 Å². The Balaban J connectivity index is 1.41. The number of fused-ring (bicyclic) bond motifs is 1. The minimum atomic E-state index is -3.75. The van der Waals surface area contributed by atoms with Gasteiger partial charge in [-0.05, 0) is 42.3 Å². The molecule has 7 nitrogen and oxygen atoms in total. The Morgan fingerprint density at radius 3 is 2.54 bits per heavy atom. The Morgan fingerprint density at radius 1 is 1.07 bits per heavy atom. The van der Waals surface area contributed by atoms with Crippen molar-refractivity contribution in [3.8, 4) is 11.5 Å². The van der Waals surface area contributed by atoms with Crippen molar-refractivity contribution in [3.63, 3.8) is 0 Å². The van der Waals surface area contributed by atoms with Gasteiger partial charge in [-0.1, -0.05) is 0 Å². The maximum absolute atomic E-state index is 13.1. The molecular weight excluding hydrogens is 387 g/mol. The Morgan fingerprint density at radius 2 is 1.79 bits per heavy atom. The summed E-state index contributed by atoms with van der Waals surface area (Å²) in [6.07, 6.45) is 0.223. The molecule has 2 aliphatic heterocycles. The van der Waals surface area contributed by atoms with Crippen LogP contribution in [0, 0.1) is 11.7 Å². The Kier molecular flexibility index (Phi) is 4.94. The van der Waals surface area contributed by atoms with E-state index in [9.17, 15) is 17.6 Å². The lowest BCUT2D eigenvalue weighted by Gasteiger charge is -2.19. The molecule has 2 aliphatic rings. The number of nitrogens with zero attached hydrogens (tertiary/aromatic N) is 1. The Labute approximate surface area is 162 Å². The van der Waals surface area contributed by atoms with Crippen LogP contribution in [0.4, 0.5) is 10.1 Å². The minimum absolute atomic E-state index is 0.0801. The fraction of sp³-hybridized carbons (Fsp3) is 0.316. The quantitative estimate of drug-likeness (QED) is 0.820. The molecule has 0 unspecified atom stereocenters. The average Bonchev–Trinajstić information content (AvgIpc) is 3.07. The third-order valence-electron chi connectivity index (χ3n) is 4.73. The van der Waals surface area contributed by atoms with E-state index in [1.54, 1.807) is 11.0 Å². The van der Waals surface area contributed by atoms with Gasteiger partial charge in [0.1, 0.15) is 19.0 Å². The summed E-state index contributed by atoms with van der Waals surface area (Å²) in [5, 5.41) is 0. The number of halogens is 1. The number of ether oxygens (including phenoxy) is 2. The van der Waals surface area contributed by atoms with Crippen molar-refractivity contribution < 1.29 is 27.1 Å². The lowest BCUT2D eigenvalue weighted by atomic mass is 10.1. The van der Waals surface area contributed by atoms with Crippen LogP contribution in [0.3, 0.4) is 0 Å². The van der Waals surface area contributed by atoms with Crippen LogP contribution in [0.2, 0.25) is 0 Å². The summed E-state index contributed by atoms with van der Waals surface area (Å²) in [5.74, 6) is 0.244. The first-order valence-electron chi connectivity index (χ1n) is 8.87. The summed E-state index contributed by atoms with van der Waals surface area (Å²) in [6.45, 7) is 1.29. The first kappa shape index (κ1) is 18.7. The maximum atomic E-state index is 13.1. The molecule has 9 heteroatoms. The van der Waals surface area contributed by atoms with E-state index < -0.39 is 10.0 Å². The van der Waals surface area contributed by atoms with Gasteiger partial charge < -0.3 is 14.4 Å². The highest BCUT2D eigenvalue weighted by molar-refractivity contribution is 7.89. The van der Waals surface area contributed by atoms with E-state index in [4.69, 9.17) is 9.47 Å². The maximum Gasteiger partial charge on any atom is 0.240 e. The summed E-state index contributed by atoms with van der Waals surface area (Å²) in [5.41, 5.74) is 0.601. The molecule has 28 heavy (non-hydrogen) atoms. The molecule has 0 spiro atoms. The average molecular weight is 406 g/mol. The summed E-state index contributed by atoms with van der Waals surface area (Å²) >= 11 is 0. The van der Waals surface area contributed by atoms with E-state index in [0.29, 0.717) is 36.9 Å². The molecule has 0 radical (unpaired) electrons. The summed E-state index contributed by atoms with van der Waals surface area (Å²) < 4.78 is 51.7. The molecule has 0 aliphatic carbocycles. The van der Waals surface area contributed by atoms with E-state index in [1.807, 2.05) is 0 Å². The van der Waals surface area contributed by atoms with Gasteiger partial charge in [0.2, 0.25) is 15.9 Å². The monoisotopic (exact) mass is 406 g/mol. The number of rotatable bonds is 5. The molecule has 0 bridgehead atoms. The van der Waals surface area contributed by atoms with Crippen molar-refractivity contribution in [3.05, 3.63) is 48.3 Å². The van der Waals surface area contributed by atoms with Gasteiger partial charge in [-0.25, -0.2) is 17.5 Å². The normalized spacial score (nSPS) is 19.1. The molecule has 1 N–H and O–H groups in total. The molecule has 1 fully saturated rings. The number of sulfonamides is 1. The zero-order chi connectivity index (χ0) is 19.7. The smallest absolute Gasteiger partial charge is 0.240 e. The second-order valence-corrected chi connectivity index (χ2v) is 8.48. The summed E-state index contributed by atoms with van der Waals surface area (Å²) in [4.78, 5) is 13.9. The third-order valence-corrected chi connectivity index (χ3v) is 6.15. The van der Waals surface area contributed by atoms with Crippen molar-refractivity contribution in [2.75, 3.05) is 31.2 Å². The van der Waals surface area contributed by atoms with Crippen molar-refractivity contribution in [2.45, 2.75) is 11.3 Å². The highest BCUT2D eigenvalue weighted by atomic mass is 32.2. The van der Waals surface area contributed by atoms with Crippen molar-refractivity contribution in [1.29, 1.82) is 0 Å². The van der Waals surface area contributed by atoms with Gasteiger partial charge in [-0.3, -0.25) is 4.79 Å². The van der Waals surface area contributed by atoms with E-state index in [1.165, 1.54) is 36.4 Å². The lowest BCUT2D eigenvalue weighted by Crippen LogP contribution is -2.31. The first-order chi connectivity index (χ1) is 13.4. The van der Waals surface area contributed by atoms with E-state index in [2.05, 4.69) is 4.72 Å². The van der Waals surface area contributed by atoms with Crippen molar-refractivity contribution in [1.82, 2.24) is 4.72 Å². The second-order valence-electron chi connectivity index (χ2n) is 6.71. The van der Waals surface area contributed by atoms with Crippen LogP contribution in [0.25, 0.3) is 0 Å². The number of carbonyl (C=O) groups excluding carboxylic acids is 1. The number of carbonyl (C=O) groups is 1. The summed E-state index contributed by atoms with van der Waals surface area (Å²) in [7, 11) is -3.75. The highest BCUT2D eigenvalue weighted by Gasteiger charge is 2.31. The van der Waals surface area contributed by atoms with Gasteiger partial charge in [-0.2, -0.15) is 0 Å². The third kappa shape index (κ3) is 3.81. The lowest BCUT2D eigenvalue weighted by molar-refractivity contribution is -0.117. The largest absolute Gasteiger partial charge is 0.486 e. The molecule has 2 heterocycles. The molecule has 0 saturated carbocycles. The number of hydrogen-bond donors (Lipinski definition) is 1. The fourth-order valence-electron chi connectivity index (χ4n) is 3.29. The van der Waals surface area contributed by atoms with Crippen LogP contribution in [0.1, 0.15) is 6.42 Å². The van der Waals surface area contributed by atoms with Crippen LogP contribution < -0.4 is 19.1 Å². The molecule has 2 aromatic rings. The van der Waals surface area contributed by atoms with Gasteiger partial charge in [0.25, 0.3) is 0 Å². The number of hydrogen-bond acceptors (Lipinski definition) is 5. The Bertz CT molecular complexity index is 994. The van der Waals surface area contributed by atoms with Crippen molar-refractivity contribution in [2.24, 2.45) is 5.92 Å². The van der Waals surface area contributed by atoms with Crippen LogP contribution in [-0.2, 0) is 14.8 Å². The zero-order valence-corrected chi connectivity index (χ0v) is 15.7. The molecule has 0 aromatic heterocycles. The Hall–Kier alpha value is -2.65. The predicted octanol–water partition coefficient (Wildman–Crippen LogP) is 1.93. The van der Waals surface area contributed by atoms with E-state index >= 15 is 0 Å². The van der Waals surface area contributed by atoms with Gasteiger partial charge >= 0.3 is 0 Å². The SMILES string of the molecule is O=C1C[C@@H](CNS(=O)(=O)c2ccc3c(c2)OCCO3)CN1c1ccc(F)cc1. The topological polar surface area (TPSA) is 84.9 Å².